The van der Waals surface area contributed by atoms with Crippen molar-refractivity contribution in [3.8, 4) is 11.3 Å². The van der Waals surface area contributed by atoms with Crippen LogP contribution in [0.25, 0.3) is 11.3 Å². The number of carboxylic acid groups (broad SMARTS) is 1. The van der Waals surface area contributed by atoms with Crippen molar-refractivity contribution < 1.29 is 23.4 Å². The Balaban J connectivity index is 1.84. The van der Waals surface area contributed by atoms with Gasteiger partial charge in [0.1, 0.15) is 17.2 Å². The summed E-state index contributed by atoms with van der Waals surface area (Å²) in [6, 6.07) is 5.36. The van der Waals surface area contributed by atoms with E-state index in [0.29, 0.717) is 18.5 Å². The predicted octanol–water partition coefficient (Wildman–Crippen LogP) is 4.41. The highest BCUT2D eigenvalue weighted by Crippen LogP contribution is 2.68. The fourth-order valence-corrected chi connectivity index (χ4v) is 4.95. The van der Waals surface area contributed by atoms with E-state index in [0.717, 1.165) is 12.0 Å². The summed E-state index contributed by atoms with van der Waals surface area (Å²) in [5.41, 5.74) is 0.0894. The molecule has 1 N–H and O–H groups in total. The molecule has 2 aliphatic rings. The lowest BCUT2D eigenvalue weighted by Gasteiger charge is -2.39. The van der Waals surface area contributed by atoms with Crippen LogP contribution in [0.5, 0.6) is 0 Å². The van der Waals surface area contributed by atoms with Gasteiger partial charge in [-0.1, -0.05) is 26.8 Å². The van der Waals surface area contributed by atoms with Crippen LogP contribution in [0.1, 0.15) is 57.2 Å². The second kappa shape index (κ2) is 6.30. The second-order valence-electron chi connectivity index (χ2n) is 8.12. The van der Waals surface area contributed by atoms with E-state index in [1.807, 2.05) is 13.8 Å². The topological polar surface area (TPSA) is 72.3 Å². The third kappa shape index (κ3) is 2.42. The zero-order valence-electron chi connectivity index (χ0n) is 16.0. The van der Waals surface area contributed by atoms with E-state index >= 15 is 0 Å². The van der Waals surface area contributed by atoms with Crippen molar-refractivity contribution in [2.45, 2.75) is 57.7 Å². The first kappa shape index (κ1) is 18.9. The quantitative estimate of drug-likeness (QED) is 0.821. The van der Waals surface area contributed by atoms with E-state index in [1.54, 1.807) is 13.0 Å². The maximum atomic E-state index is 14.2. The molecule has 1 fully saturated rings. The van der Waals surface area contributed by atoms with Gasteiger partial charge in [0, 0.05) is 5.41 Å². The lowest BCUT2D eigenvalue weighted by molar-refractivity contribution is -0.181. The van der Waals surface area contributed by atoms with Crippen molar-refractivity contribution >= 4 is 5.97 Å². The molecule has 4 rings (SSSR count). The van der Waals surface area contributed by atoms with Gasteiger partial charge >= 0.3 is 5.97 Å². The van der Waals surface area contributed by atoms with E-state index < -0.39 is 34.7 Å². The molecular weight excluding hydrogens is 366 g/mol. The van der Waals surface area contributed by atoms with Gasteiger partial charge in [0.25, 0.3) is 0 Å². The standard InChI is InChI=1S/C21H22F2N2O3/c1-4-16(19(26)27)28-21-9-8-12(20(21,2)3)11-10-15(24-25-18(11)21)17-13(22)6-5-7-14(17)23/h5-7,10,12,16H,4,8-9H2,1-3H3,(H,26,27)/t12-,16?,21-/m1/s1. The smallest absolute Gasteiger partial charge is 0.332 e. The summed E-state index contributed by atoms with van der Waals surface area (Å²) in [5.74, 6) is -2.35. The minimum Gasteiger partial charge on any atom is -0.479 e. The molecule has 0 spiro atoms. The van der Waals surface area contributed by atoms with Gasteiger partial charge in [0.2, 0.25) is 0 Å². The van der Waals surface area contributed by atoms with E-state index in [2.05, 4.69) is 10.2 Å². The molecule has 0 amide bonds. The Morgan fingerprint density at radius 2 is 2.00 bits per heavy atom. The molecule has 28 heavy (non-hydrogen) atoms. The number of carbonyl (C=O) groups is 1. The van der Waals surface area contributed by atoms with E-state index in [-0.39, 0.29) is 17.2 Å². The molecule has 1 saturated carbocycles. The molecule has 1 unspecified atom stereocenters. The monoisotopic (exact) mass is 388 g/mol. The van der Waals surface area contributed by atoms with Crippen LogP contribution in [-0.4, -0.2) is 27.4 Å². The Morgan fingerprint density at radius 3 is 2.61 bits per heavy atom. The molecule has 1 aromatic heterocycles. The number of aliphatic carboxylic acids is 1. The molecule has 2 aromatic rings. The fraction of sp³-hybridized carbons (Fsp3) is 0.476. The normalized spacial score (nSPS) is 25.5. The van der Waals surface area contributed by atoms with Gasteiger partial charge in [0.05, 0.1) is 17.0 Å². The maximum Gasteiger partial charge on any atom is 0.332 e. The Bertz CT molecular complexity index is 942. The Hall–Kier alpha value is -2.41. The average Bonchev–Trinajstić information content (AvgIpc) is 3.00. The van der Waals surface area contributed by atoms with Crippen molar-refractivity contribution in [1.29, 1.82) is 0 Å². The van der Waals surface area contributed by atoms with E-state index in [1.165, 1.54) is 18.2 Å². The molecule has 5 nitrogen and oxygen atoms in total. The van der Waals surface area contributed by atoms with Gasteiger partial charge in [-0.05, 0) is 48.9 Å². The van der Waals surface area contributed by atoms with Crippen LogP contribution in [0.4, 0.5) is 8.78 Å². The molecule has 2 bridgehead atoms. The molecule has 0 saturated heterocycles. The fourth-order valence-electron chi connectivity index (χ4n) is 4.95. The summed E-state index contributed by atoms with van der Waals surface area (Å²) < 4.78 is 34.6. The number of carboxylic acids is 1. The number of ether oxygens (including phenoxy) is 1. The van der Waals surface area contributed by atoms with Crippen molar-refractivity contribution in [3.05, 3.63) is 47.2 Å². The number of benzene rings is 1. The molecule has 0 aliphatic heterocycles. The van der Waals surface area contributed by atoms with Crippen LogP contribution in [0.15, 0.2) is 24.3 Å². The largest absolute Gasteiger partial charge is 0.479 e. The number of fused-ring (bicyclic) bond motifs is 5. The lowest BCUT2D eigenvalue weighted by Crippen LogP contribution is -2.43. The molecule has 3 atom stereocenters. The third-order valence-corrected chi connectivity index (χ3v) is 6.49. The van der Waals surface area contributed by atoms with Crippen LogP contribution >= 0.6 is 0 Å². The number of hydrogen-bond donors (Lipinski definition) is 1. The predicted molar refractivity (Wildman–Crippen MR) is 97.6 cm³/mol. The number of hydrogen-bond acceptors (Lipinski definition) is 4. The summed E-state index contributed by atoms with van der Waals surface area (Å²) in [5, 5.41) is 17.9. The number of rotatable bonds is 5. The Morgan fingerprint density at radius 1 is 1.32 bits per heavy atom. The van der Waals surface area contributed by atoms with Crippen LogP contribution in [0.3, 0.4) is 0 Å². The summed E-state index contributed by atoms with van der Waals surface area (Å²) in [7, 11) is 0. The lowest BCUT2D eigenvalue weighted by atomic mass is 9.77. The second-order valence-corrected chi connectivity index (χ2v) is 8.12. The molecule has 148 valence electrons. The molecule has 1 heterocycles. The number of aromatic nitrogens is 2. The molecular formula is C21H22F2N2O3. The maximum absolute atomic E-state index is 14.2. The summed E-state index contributed by atoms with van der Waals surface area (Å²) >= 11 is 0. The van der Waals surface area contributed by atoms with E-state index in [9.17, 15) is 18.7 Å². The number of nitrogens with zero attached hydrogens (tertiary/aromatic N) is 2. The zero-order chi connectivity index (χ0) is 20.3. The third-order valence-electron chi connectivity index (χ3n) is 6.49. The highest BCUT2D eigenvalue weighted by atomic mass is 19.1. The first-order valence-corrected chi connectivity index (χ1v) is 9.46. The minimum atomic E-state index is -1.01. The van der Waals surface area contributed by atoms with Gasteiger partial charge < -0.3 is 9.84 Å². The summed E-state index contributed by atoms with van der Waals surface area (Å²) in [4.78, 5) is 11.6. The van der Waals surface area contributed by atoms with Crippen molar-refractivity contribution in [2.75, 3.05) is 0 Å². The van der Waals surface area contributed by atoms with Gasteiger partial charge in [-0.2, -0.15) is 5.10 Å². The highest BCUT2D eigenvalue weighted by molar-refractivity contribution is 5.72. The SMILES string of the molecule is CCC(O[C@]12CC[C@H](c3cc(-c4c(F)cccc4F)nnc31)C2(C)C)C(=O)O. The molecule has 0 radical (unpaired) electrons. The average molecular weight is 388 g/mol. The van der Waals surface area contributed by atoms with Crippen LogP contribution < -0.4 is 0 Å². The van der Waals surface area contributed by atoms with Gasteiger partial charge in [-0.25, -0.2) is 13.6 Å². The molecule has 2 aliphatic carbocycles. The molecule has 1 aromatic carbocycles. The summed E-state index contributed by atoms with van der Waals surface area (Å²) in [6.45, 7) is 5.83. The van der Waals surface area contributed by atoms with Crippen molar-refractivity contribution in [1.82, 2.24) is 10.2 Å². The van der Waals surface area contributed by atoms with Crippen LogP contribution in [0, 0.1) is 17.0 Å². The van der Waals surface area contributed by atoms with Gasteiger partial charge in [0.15, 0.2) is 6.10 Å². The Kier molecular flexibility index (Phi) is 4.26. The first-order chi connectivity index (χ1) is 13.2. The van der Waals surface area contributed by atoms with E-state index in [4.69, 9.17) is 4.74 Å². The number of halogens is 2. The minimum absolute atomic E-state index is 0.0536. The van der Waals surface area contributed by atoms with Gasteiger partial charge in [-0.15, -0.1) is 5.10 Å². The first-order valence-electron chi connectivity index (χ1n) is 9.46. The highest BCUT2D eigenvalue weighted by Gasteiger charge is 2.65. The summed E-state index contributed by atoms with van der Waals surface area (Å²) in [6.07, 6.45) is 0.818. The Labute approximate surface area is 161 Å². The van der Waals surface area contributed by atoms with Crippen molar-refractivity contribution in [2.24, 2.45) is 5.41 Å². The molecule has 7 heteroatoms. The van der Waals surface area contributed by atoms with Gasteiger partial charge in [-0.3, -0.25) is 0 Å². The van der Waals surface area contributed by atoms with Crippen molar-refractivity contribution in [3.63, 3.8) is 0 Å². The van der Waals surface area contributed by atoms with Crippen LogP contribution in [-0.2, 0) is 15.1 Å². The van der Waals surface area contributed by atoms with Crippen LogP contribution in [0.2, 0.25) is 0 Å². The zero-order valence-corrected chi connectivity index (χ0v) is 16.0.